The Morgan fingerprint density at radius 3 is 2.81 bits per heavy atom. The van der Waals surface area contributed by atoms with Crippen molar-refractivity contribution in [2.45, 2.75) is 25.7 Å². The summed E-state index contributed by atoms with van der Waals surface area (Å²) >= 11 is 0. The van der Waals surface area contributed by atoms with Gasteiger partial charge in [0.2, 0.25) is 0 Å². The molecule has 0 aliphatic heterocycles. The van der Waals surface area contributed by atoms with Crippen LogP contribution in [0.2, 0.25) is 0 Å². The molecule has 0 bridgehead atoms. The van der Waals surface area contributed by atoms with Crippen molar-refractivity contribution >= 4 is 11.5 Å². The molecule has 2 rings (SSSR count). The Balaban J connectivity index is 1.78. The Morgan fingerprint density at radius 1 is 1.50 bits per heavy atom. The molecule has 0 aromatic carbocycles. The van der Waals surface area contributed by atoms with E-state index in [1.54, 1.807) is 6.07 Å². The fourth-order valence-corrected chi connectivity index (χ4v) is 1.78. The van der Waals surface area contributed by atoms with Crippen LogP contribution in [-0.2, 0) is 0 Å². The lowest BCUT2D eigenvalue weighted by molar-refractivity contribution is -0.385. The maximum absolute atomic E-state index is 10.4. The van der Waals surface area contributed by atoms with Crippen LogP contribution in [-0.4, -0.2) is 16.5 Å². The van der Waals surface area contributed by atoms with Crippen molar-refractivity contribution in [1.29, 1.82) is 0 Å². The average Bonchev–Trinajstić information content (AvgIpc) is 2.22. The topological polar surface area (TPSA) is 68.1 Å². The molecule has 86 valence electrons. The van der Waals surface area contributed by atoms with Gasteiger partial charge in [-0.2, -0.15) is 0 Å². The monoisotopic (exact) mass is 221 g/mol. The van der Waals surface area contributed by atoms with E-state index in [2.05, 4.69) is 10.3 Å². The summed E-state index contributed by atoms with van der Waals surface area (Å²) in [6, 6.07) is 3.12. The highest BCUT2D eigenvalue weighted by Crippen LogP contribution is 2.29. The third kappa shape index (κ3) is 2.68. The zero-order chi connectivity index (χ0) is 11.4. The molecule has 5 heteroatoms. The van der Waals surface area contributed by atoms with Crippen molar-refractivity contribution in [2.24, 2.45) is 5.92 Å². The fraction of sp³-hybridized carbons (Fsp3) is 0.545. The van der Waals surface area contributed by atoms with Crippen molar-refractivity contribution in [3.63, 3.8) is 0 Å². The van der Waals surface area contributed by atoms with Gasteiger partial charge in [-0.15, -0.1) is 0 Å². The Hall–Kier alpha value is -1.65. The van der Waals surface area contributed by atoms with Crippen molar-refractivity contribution in [3.05, 3.63) is 28.4 Å². The van der Waals surface area contributed by atoms with Crippen LogP contribution in [0.3, 0.4) is 0 Å². The van der Waals surface area contributed by atoms with Crippen LogP contribution in [0.1, 0.15) is 25.7 Å². The van der Waals surface area contributed by atoms with E-state index in [9.17, 15) is 10.1 Å². The van der Waals surface area contributed by atoms with Crippen molar-refractivity contribution in [1.82, 2.24) is 4.98 Å². The van der Waals surface area contributed by atoms with E-state index in [4.69, 9.17) is 0 Å². The van der Waals surface area contributed by atoms with Crippen molar-refractivity contribution in [2.75, 3.05) is 11.9 Å². The number of nitrogens with one attached hydrogen (secondary N) is 1. The predicted octanol–water partition coefficient (Wildman–Crippen LogP) is 2.59. The molecule has 0 unspecified atom stereocenters. The van der Waals surface area contributed by atoms with Crippen LogP contribution in [0.5, 0.6) is 0 Å². The summed E-state index contributed by atoms with van der Waals surface area (Å²) in [6.45, 7) is 0.898. The van der Waals surface area contributed by atoms with Crippen LogP contribution >= 0.6 is 0 Å². The van der Waals surface area contributed by atoms with Crippen LogP contribution in [0.4, 0.5) is 11.5 Å². The standard InChI is InChI=1S/C11H15N3O2/c15-14(16)10-4-5-11(13-8-10)12-7-6-9-2-1-3-9/h4-5,8-9H,1-3,6-7H2,(H,12,13). The molecule has 1 N–H and O–H groups in total. The lowest BCUT2D eigenvalue weighted by Crippen LogP contribution is -2.15. The molecule has 16 heavy (non-hydrogen) atoms. The molecule has 1 aromatic heterocycles. The second-order valence-electron chi connectivity index (χ2n) is 4.17. The first-order chi connectivity index (χ1) is 7.75. The first-order valence-corrected chi connectivity index (χ1v) is 5.60. The van der Waals surface area contributed by atoms with E-state index in [0.29, 0.717) is 5.82 Å². The SMILES string of the molecule is O=[N+]([O-])c1ccc(NCCC2CCC2)nc1. The molecule has 1 fully saturated rings. The summed E-state index contributed by atoms with van der Waals surface area (Å²) < 4.78 is 0. The minimum absolute atomic E-state index is 0.0320. The maximum atomic E-state index is 10.4. The lowest BCUT2D eigenvalue weighted by Gasteiger charge is -2.25. The molecule has 1 heterocycles. The predicted molar refractivity (Wildman–Crippen MR) is 61.3 cm³/mol. The number of pyridine rings is 1. The molecule has 5 nitrogen and oxygen atoms in total. The summed E-state index contributed by atoms with van der Waals surface area (Å²) in [4.78, 5) is 14.0. The van der Waals surface area contributed by atoms with Crippen LogP contribution in [0.25, 0.3) is 0 Å². The molecule has 1 aliphatic rings. The van der Waals surface area contributed by atoms with Gasteiger partial charge in [-0.05, 0) is 18.4 Å². The summed E-state index contributed by atoms with van der Waals surface area (Å²) in [5.41, 5.74) is 0.0320. The summed E-state index contributed by atoms with van der Waals surface area (Å²) in [7, 11) is 0. The molecule has 1 aliphatic carbocycles. The molecule has 1 saturated carbocycles. The molecule has 0 saturated heterocycles. The van der Waals surface area contributed by atoms with E-state index < -0.39 is 4.92 Å². The number of hydrogen-bond acceptors (Lipinski definition) is 4. The Morgan fingerprint density at radius 2 is 2.31 bits per heavy atom. The van der Waals surface area contributed by atoms with Crippen LogP contribution in [0, 0.1) is 16.0 Å². The molecular formula is C11H15N3O2. The van der Waals surface area contributed by atoms with Crippen LogP contribution < -0.4 is 5.32 Å². The van der Waals surface area contributed by atoms with Gasteiger partial charge in [0.25, 0.3) is 5.69 Å². The third-order valence-electron chi connectivity index (χ3n) is 3.04. The molecular weight excluding hydrogens is 206 g/mol. The summed E-state index contributed by atoms with van der Waals surface area (Å²) in [5, 5.41) is 13.6. The smallest absolute Gasteiger partial charge is 0.287 e. The second-order valence-corrected chi connectivity index (χ2v) is 4.17. The van der Waals surface area contributed by atoms with Gasteiger partial charge >= 0.3 is 0 Å². The number of rotatable bonds is 5. The lowest BCUT2D eigenvalue weighted by atomic mass is 9.83. The van der Waals surface area contributed by atoms with E-state index >= 15 is 0 Å². The van der Waals surface area contributed by atoms with Crippen molar-refractivity contribution in [3.8, 4) is 0 Å². The van der Waals surface area contributed by atoms with Gasteiger partial charge in [-0.25, -0.2) is 4.98 Å². The third-order valence-corrected chi connectivity index (χ3v) is 3.04. The number of anilines is 1. The Bertz CT molecular complexity index is 360. The van der Waals surface area contributed by atoms with Gasteiger partial charge in [0.05, 0.1) is 4.92 Å². The largest absolute Gasteiger partial charge is 0.370 e. The van der Waals surface area contributed by atoms with Gasteiger partial charge in [0.1, 0.15) is 12.0 Å². The van der Waals surface area contributed by atoms with Crippen molar-refractivity contribution < 1.29 is 4.92 Å². The van der Waals surface area contributed by atoms with Crippen LogP contribution in [0.15, 0.2) is 18.3 Å². The summed E-state index contributed by atoms with van der Waals surface area (Å²) in [5.74, 6) is 1.58. The van der Waals surface area contributed by atoms with Gasteiger partial charge in [-0.1, -0.05) is 19.3 Å². The zero-order valence-corrected chi connectivity index (χ0v) is 9.06. The first-order valence-electron chi connectivity index (χ1n) is 5.60. The molecule has 0 radical (unpaired) electrons. The van der Waals surface area contributed by atoms with Gasteiger partial charge in [-0.3, -0.25) is 10.1 Å². The first kappa shape index (κ1) is 10.9. The highest BCUT2D eigenvalue weighted by molar-refractivity contribution is 5.39. The number of nitro groups is 1. The van der Waals surface area contributed by atoms with Gasteiger partial charge < -0.3 is 5.32 Å². The quantitative estimate of drug-likeness (QED) is 0.613. The number of nitrogens with zero attached hydrogens (tertiary/aromatic N) is 2. The highest BCUT2D eigenvalue weighted by Gasteiger charge is 2.16. The fourth-order valence-electron chi connectivity index (χ4n) is 1.78. The van der Waals surface area contributed by atoms with E-state index in [-0.39, 0.29) is 5.69 Å². The maximum Gasteiger partial charge on any atom is 0.287 e. The average molecular weight is 221 g/mol. The normalized spacial score (nSPS) is 15.5. The van der Waals surface area contributed by atoms with Gasteiger partial charge in [0, 0.05) is 12.6 Å². The van der Waals surface area contributed by atoms with E-state index in [1.165, 1.54) is 37.9 Å². The Labute approximate surface area is 94.0 Å². The number of aromatic nitrogens is 1. The molecule has 0 amide bonds. The highest BCUT2D eigenvalue weighted by atomic mass is 16.6. The van der Waals surface area contributed by atoms with E-state index in [1.807, 2.05) is 0 Å². The second kappa shape index (κ2) is 4.92. The minimum Gasteiger partial charge on any atom is -0.370 e. The Kier molecular flexibility index (Phi) is 3.34. The van der Waals surface area contributed by atoms with Gasteiger partial charge in [0.15, 0.2) is 0 Å². The zero-order valence-electron chi connectivity index (χ0n) is 9.06. The molecule has 1 aromatic rings. The molecule has 0 atom stereocenters. The number of hydrogen-bond donors (Lipinski definition) is 1. The minimum atomic E-state index is -0.439. The molecule has 0 spiro atoms. The van der Waals surface area contributed by atoms with E-state index in [0.717, 1.165) is 12.5 Å². The summed E-state index contributed by atoms with van der Waals surface area (Å²) in [6.07, 6.45) is 6.50.